The van der Waals surface area contributed by atoms with Gasteiger partial charge in [-0.1, -0.05) is 18.2 Å². The highest BCUT2D eigenvalue weighted by molar-refractivity contribution is 5.37. The first-order valence-electron chi connectivity index (χ1n) is 6.52. The minimum atomic E-state index is -0.701. The van der Waals surface area contributed by atoms with Crippen LogP contribution >= 0.6 is 0 Å². The van der Waals surface area contributed by atoms with Crippen molar-refractivity contribution >= 4 is 0 Å². The molecule has 2 N–H and O–H groups in total. The van der Waals surface area contributed by atoms with Gasteiger partial charge in [-0.3, -0.25) is 0 Å². The highest BCUT2D eigenvalue weighted by Crippen LogP contribution is 2.31. The third-order valence-corrected chi connectivity index (χ3v) is 3.02. The van der Waals surface area contributed by atoms with E-state index in [9.17, 15) is 8.78 Å². The van der Waals surface area contributed by atoms with Crippen LogP contribution in [0.25, 0.3) is 0 Å². The van der Waals surface area contributed by atoms with E-state index in [2.05, 4.69) is 0 Å². The maximum absolute atomic E-state index is 13.3. The Kier molecular flexibility index (Phi) is 4.75. The normalized spacial score (nSPS) is 13.6. The maximum Gasteiger partial charge on any atom is 0.142 e. The minimum Gasteiger partial charge on any atom is -0.496 e. The second kappa shape index (κ2) is 6.54. The molecule has 112 valence electrons. The van der Waals surface area contributed by atoms with E-state index in [4.69, 9.17) is 15.2 Å². The predicted octanol–water partition coefficient (Wildman–Crippen LogP) is 3.44. The van der Waals surface area contributed by atoms with E-state index < -0.39 is 23.8 Å². The third-order valence-electron chi connectivity index (χ3n) is 3.02. The highest BCUT2D eigenvalue weighted by atomic mass is 19.1. The fraction of sp³-hybridized carbons (Fsp3) is 0.250. The van der Waals surface area contributed by atoms with Gasteiger partial charge in [-0.25, -0.2) is 8.78 Å². The van der Waals surface area contributed by atoms with Crippen molar-refractivity contribution < 1.29 is 18.3 Å². The summed E-state index contributed by atoms with van der Waals surface area (Å²) < 4.78 is 37.5. The van der Waals surface area contributed by atoms with Crippen molar-refractivity contribution in [2.75, 3.05) is 7.11 Å². The minimum absolute atomic E-state index is 0.0840. The molecule has 0 amide bonds. The summed E-state index contributed by atoms with van der Waals surface area (Å²) in [6.45, 7) is 1.76. The summed E-state index contributed by atoms with van der Waals surface area (Å²) in [5, 5.41) is 0. The van der Waals surface area contributed by atoms with Gasteiger partial charge in [-0.05, 0) is 13.0 Å². The quantitative estimate of drug-likeness (QED) is 0.918. The molecule has 5 heteroatoms. The summed E-state index contributed by atoms with van der Waals surface area (Å²) in [6.07, 6.45) is -0.581. The number of hydrogen-bond acceptors (Lipinski definition) is 3. The lowest BCUT2D eigenvalue weighted by Gasteiger charge is -2.24. The van der Waals surface area contributed by atoms with Crippen LogP contribution in [0.4, 0.5) is 8.78 Å². The Balaban J connectivity index is 2.35. The number of rotatable bonds is 5. The molecule has 0 radical (unpaired) electrons. The van der Waals surface area contributed by atoms with Gasteiger partial charge in [0.05, 0.1) is 7.11 Å². The highest BCUT2D eigenvalue weighted by Gasteiger charge is 2.22. The summed E-state index contributed by atoms with van der Waals surface area (Å²) in [5.74, 6) is -0.709. The Morgan fingerprint density at radius 1 is 1.05 bits per heavy atom. The van der Waals surface area contributed by atoms with Crippen molar-refractivity contribution in [1.29, 1.82) is 0 Å². The molecule has 0 aliphatic rings. The largest absolute Gasteiger partial charge is 0.496 e. The molecule has 2 aromatic rings. The van der Waals surface area contributed by atoms with Crippen LogP contribution < -0.4 is 15.2 Å². The standard InChI is InChI=1S/C16H17F2NO2/c1-10(19)16(14-5-3-4-6-15(14)20-2)21-13-8-11(17)7-12(18)9-13/h3-10,16H,19H2,1-2H3. The number of benzene rings is 2. The average molecular weight is 293 g/mol. The molecule has 3 nitrogen and oxygen atoms in total. The van der Waals surface area contributed by atoms with Crippen LogP contribution in [0.1, 0.15) is 18.6 Å². The van der Waals surface area contributed by atoms with E-state index in [1.54, 1.807) is 20.1 Å². The van der Waals surface area contributed by atoms with E-state index in [1.807, 2.05) is 18.2 Å². The summed E-state index contributed by atoms with van der Waals surface area (Å²) in [5.41, 5.74) is 6.67. The Morgan fingerprint density at radius 3 is 2.24 bits per heavy atom. The molecule has 0 fully saturated rings. The zero-order chi connectivity index (χ0) is 15.4. The molecular weight excluding hydrogens is 276 g/mol. The topological polar surface area (TPSA) is 44.5 Å². The van der Waals surface area contributed by atoms with Crippen molar-refractivity contribution in [1.82, 2.24) is 0 Å². The fourth-order valence-corrected chi connectivity index (χ4v) is 2.10. The van der Waals surface area contributed by atoms with Gasteiger partial charge < -0.3 is 15.2 Å². The second-order valence-corrected chi connectivity index (χ2v) is 4.74. The number of halogens is 2. The predicted molar refractivity (Wildman–Crippen MR) is 76.4 cm³/mol. The van der Waals surface area contributed by atoms with Crippen molar-refractivity contribution in [3.05, 3.63) is 59.7 Å². The van der Waals surface area contributed by atoms with Crippen LogP contribution in [0.2, 0.25) is 0 Å². The van der Waals surface area contributed by atoms with Crippen molar-refractivity contribution in [2.45, 2.75) is 19.1 Å². The first-order chi connectivity index (χ1) is 10.0. The van der Waals surface area contributed by atoms with Gasteiger partial charge in [0.1, 0.15) is 29.2 Å². The molecule has 0 saturated heterocycles. The first kappa shape index (κ1) is 15.3. The Morgan fingerprint density at radius 2 is 1.67 bits per heavy atom. The molecule has 2 atom stereocenters. The van der Waals surface area contributed by atoms with Gasteiger partial charge in [-0.2, -0.15) is 0 Å². The molecule has 0 spiro atoms. The summed E-state index contributed by atoms with van der Waals surface area (Å²) in [4.78, 5) is 0. The van der Waals surface area contributed by atoms with E-state index in [-0.39, 0.29) is 5.75 Å². The number of hydrogen-bond donors (Lipinski definition) is 1. The fourth-order valence-electron chi connectivity index (χ4n) is 2.10. The van der Waals surface area contributed by atoms with Crippen LogP contribution in [0.5, 0.6) is 11.5 Å². The molecule has 0 aliphatic heterocycles. The molecule has 0 bridgehead atoms. The zero-order valence-electron chi connectivity index (χ0n) is 11.8. The maximum atomic E-state index is 13.3. The lowest BCUT2D eigenvalue weighted by atomic mass is 10.0. The third kappa shape index (κ3) is 3.70. The van der Waals surface area contributed by atoms with Gasteiger partial charge in [0.25, 0.3) is 0 Å². The van der Waals surface area contributed by atoms with E-state index >= 15 is 0 Å². The van der Waals surface area contributed by atoms with Gasteiger partial charge in [0, 0.05) is 29.8 Å². The smallest absolute Gasteiger partial charge is 0.142 e. The van der Waals surface area contributed by atoms with Crippen LogP contribution in [0, 0.1) is 11.6 Å². The molecule has 0 aromatic heterocycles. The van der Waals surface area contributed by atoms with Crippen LogP contribution in [0.15, 0.2) is 42.5 Å². The Hall–Kier alpha value is -2.14. The van der Waals surface area contributed by atoms with Crippen molar-refractivity contribution in [3.8, 4) is 11.5 Å². The van der Waals surface area contributed by atoms with Crippen molar-refractivity contribution in [3.63, 3.8) is 0 Å². The van der Waals surface area contributed by atoms with E-state index in [1.165, 1.54) is 0 Å². The zero-order valence-corrected chi connectivity index (χ0v) is 11.8. The number of para-hydroxylation sites is 1. The summed E-state index contributed by atoms with van der Waals surface area (Å²) in [7, 11) is 1.54. The lowest BCUT2D eigenvalue weighted by molar-refractivity contribution is 0.174. The summed E-state index contributed by atoms with van der Waals surface area (Å²) in [6, 6.07) is 9.86. The molecule has 2 aromatic carbocycles. The van der Waals surface area contributed by atoms with E-state index in [0.29, 0.717) is 5.75 Å². The second-order valence-electron chi connectivity index (χ2n) is 4.74. The van der Waals surface area contributed by atoms with Crippen LogP contribution in [0.3, 0.4) is 0 Å². The number of methoxy groups -OCH3 is 1. The van der Waals surface area contributed by atoms with Crippen LogP contribution in [-0.2, 0) is 0 Å². The van der Waals surface area contributed by atoms with Crippen molar-refractivity contribution in [2.24, 2.45) is 5.73 Å². The van der Waals surface area contributed by atoms with Gasteiger partial charge in [-0.15, -0.1) is 0 Å². The molecule has 0 saturated carbocycles. The number of nitrogens with two attached hydrogens (primary N) is 1. The first-order valence-corrected chi connectivity index (χ1v) is 6.52. The van der Waals surface area contributed by atoms with Gasteiger partial charge in [0.2, 0.25) is 0 Å². The average Bonchev–Trinajstić information content (AvgIpc) is 2.43. The summed E-state index contributed by atoms with van der Waals surface area (Å²) >= 11 is 0. The van der Waals surface area contributed by atoms with Crippen LogP contribution in [-0.4, -0.2) is 13.2 Å². The molecule has 0 aliphatic carbocycles. The Bertz CT molecular complexity index is 597. The Labute approximate surface area is 122 Å². The molecule has 2 rings (SSSR count). The molecular formula is C16H17F2NO2. The number of ether oxygens (including phenoxy) is 2. The van der Waals surface area contributed by atoms with E-state index in [0.717, 1.165) is 23.8 Å². The molecule has 21 heavy (non-hydrogen) atoms. The van der Waals surface area contributed by atoms with Gasteiger partial charge >= 0.3 is 0 Å². The monoisotopic (exact) mass is 293 g/mol. The SMILES string of the molecule is COc1ccccc1C(Oc1cc(F)cc(F)c1)C(C)N. The van der Waals surface area contributed by atoms with Gasteiger partial charge in [0.15, 0.2) is 0 Å². The molecule has 2 unspecified atom stereocenters. The molecule has 0 heterocycles. The lowest BCUT2D eigenvalue weighted by Crippen LogP contribution is -2.29.